The molecule has 5 rings (SSSR count). The molecule has 0 saturated heterocycles. The Kier molecular flexibility index (Phi) is 8.30. The normalized spacial score (nSPS) is 14.6. The Balaban J connectivity index is 1.61. The first-order chi connectivity index (χ1) is 20.3. The molecule has 0 amide bonds. The Hall–Kier alpha value is -5.03. The quantitative estimate of drug-likeness (QED) is 0.162. The van der Waals surface area contributed by atoms with Gasteiger partial charge < -0.3 is 14.2 Å². The molecular formula is C31H27N3O7S. The summed E-state index contributed by atoms with van der Waals surface area (Å²) in [6.45, 7) is 3.85. The summed E-state index contributed by atoms with van der Waals surface area (Å²) in [5.41, 5.74) is 1.95. The second-order valence-corrected chi connectivity index (χ2v) is 10.3. The lowest BCUT2D eigenvalue weighted by Gasteiger charge is -2.23. The number of fused-ring (bicyclic) bond motifs is 1. The van der Waals surface area contributed by atoms with Gasteiger partial charge in [0.2, 0.25) is 0 Å². The van der Waals surface area contributed by atoms with Gasteiger partial charge in [0.1, 0.15) is 12.6 Å². The molecule has 0 radical (unpaired) electrons. The maximum atomic E-state index is 13.5. The molecular weight excluding hydrogens is 558 g/mol. The van der Waals surface area contributed by atoms with Gasteiger partial charge in [0.05, 0.1) is 34.3 Å². The highest BCUT2D eigenvalue weighted by atomic mass is 32.1. The minimum Gasteiger partial charge on any atom is -0.493 e. The fourth-order valence-electron chi connectivity index (χ4n) is 4.68. The van der Waals surface area contributed by atoms with Crippen LogP contribution in [0.1, 0.15) is 36.6 Å². The first kappa shape index (κ1) is 28.5. The van der Waals surface area contributed by atoms with Crippen molar-refractivity contribution in [1.82, 2.24) is 4.57 Å². The van der Waals surface area contributed by atoms with Crippen molar-refractivity contribution >= 4 is 34.8 Å². The summed E-state index contributed by atoms with van der Waals surface area (Å²) in [7, 11) is 1.53. The zero-order valence-electron chi connectivity index (χ0n) is 23.1. The van der Waals surface area contributed by atoms with Crippen LogP contribution in [-0.4, -0.2) is 29.2 Å². The molecule has 3 aromatic carbocycles. The van der Waals surface area contributed by atoms with Crippen molar-refractivity contribution in [2.24, 2.45) is 4.99 Å². The molecule has 4 aromatic rings. The minimum absolute atomic E-state index is 0.121. The molecule has 0 N–H and O–H groups in total. The molecule has 0 aliphatic carbocycles. The molecule has 1 aliphatic heterocycles. The van der Waals surface area contributed by atoms with Crippen LogP contribution in [0.2, 0.25) is 0 Å². The fraction of sp³-hybridized carbons (Fsp3) is 0.194. The monoisotopic (exact) mass is 585 g/mol. The molecule has 1 aromatic heterocycles. The summed E-state index contributed by atoms with van der Waals surface area (Å²) in [5.74, 6) is 0.382. The third-order valence-electron chi connectivity index (χ3n) is 6.70. The van der Waals surface area contributed by atoms with Crippen molar-refractivity contribution in [1.29, 1.82) is 0 Å². The Bertz CT molecular complexity index is 1880. The van der Waals surface area contributed by atoms with Gasteiger partial charge in [-0.1, -0.05) is 59.9 Å². The number of nitro groups is 1. The van der Waals surface area contributed by atoms with Crippen molar-refractivity contribution in [3.63, 3.8) is 0 Å². The number of carbonyl (C=O) groups is 1. The molecule has 2 heterocycles. The van der Waals surface area contributed by atoms with E-state index in [-0.39, 0.29) is 22.4 Å². The lowest BCUT2D eigenvalue weighted by atomic mass is 9.96. The standard InChI is InChI=1S/C31H27N3O7S/c1-4-40-30(36)27-19(2)33-29(35)26(17-21-12-8-9-13-23(21)34(37)38)42-31(33)32-28(27)22-14-15-24(25(16-22)39-3)41-18-20-10-6-5-7-11-20/h5-17,28H,4,18H2,1-3H3/b26-17-/t28-/m0/s1. The molecule has 1 aliphatic rings. The van der Waals surface area contributed by atoms with Crippen LogP contribution in [0.5, 0.6) is 11.5 Å². The smallest absolute Gasteiger partial charge is 0.338 e. The van der Waals surface area contributed by atoms with E-state index in [0.29, 0.717) is 39.7 Å². The number of methoxy groups -OCH3 is 1. The first-order valence-electron chi connectivity index (χ1n) is 13.1. The van der Waals surface area contributed by atoms with Crippen LogP contribution in [0.4, 0.5) is 5.69 Å². The summed E-state index contributed by atoms with van der Waals surface area (Å²) in [4.78, 5) is 42.9. The van der Waals surface area contributed by atoms with Gasteiger partial charge >= 0.3 is 5.97 Å². The highest BCUT2D eigenvalue weighted by Crippen LogP contribution is 2.37. The first-order valence-corrected chi connectivity index (χ1v) is 13.9. The van der Waals surface area contributed by atoms with Crippen LogP contribution in [0.15, 0.2) is 88.2 Å². The Labute approximate surface area is 244 Å². The summed E-state index contributed by atoms with van der Waals surface area (Å²) in [5, 5.41) is 11.5. The van der Waals surface area contributed by atoms with E-state index >= 15 is 0 Å². The van der Waals surface area contributed by atoms with E-state index in [4.69, 9.17) is 19.2 Å². The van der Waals surface area contributed by atoms with Crippen molar-refractivity contribution in [2.45, 2.75) is 26.5 Å². The molecule has 0 fully saturated rings. The third-order valence-corrected chi connectivity index (χ3v) is 7.68. The molecule has 11 heteroatoms. The number of thiazole rings is 1. The topological polar surface area (TPSA) is 122 Å². The zero-order valence-corrected chi connectivity index (χ0v) is 23.9. The number of rotatable bonds is 9. The van der Waals surface area contributed by atoms with Gasteiger partial charge in [0.15, 0.2) is 16.3 Å². The number of nitrogens with zero attached hydrogens (tertiary/aromatic N) is 3. The van der Waals surface area contributed by atoms with Crippen molar-refractivity contribution in [3.8, 4) is 11.5 Å². The van der Waals surface area contributed by atoms with Crippen molar-refractivity contribution in [2.75, 3.05) is 13.7 Å². The number of hydrogen-bond acceptors (Lipinski definition) is 9. The van der Waals surface area contributed by atoms with E-state index in [9.17, 15) is 19.7 Å². The van der Waals surface area contributed by atoms with Crippen molar-refractivity contribution in [3.05, 3.63) is 125 Å². The van der Waals surface area contributed by atoms with Gasteiger partial charge in [0, 0.05) is 11.8 Å². The van der Waals surface area contributed by atoms with Crippen molar-refractivity contribution < 1.29 is 23.9 Å². The van der Waals surface area contributed by atoms with Gasteiger partial charge in [-0.25, -0.2) is 9.79 Å². The lowest BCUT2D eigenvalue weighted by Crippen LogP contribution is -2.35. The second-order valence-electron chi connectivity index (χ2n) is 9.29. The average molecular weight is 586 g/mol. The maximum absolute atomic E-state index is 13.5. The Morgan fingerprint density at radius 1 is 1.10 bits per heavy atom. The highest BCUT2D eigenvalue weighted by Gasteiger charge is 2.32. The average Bonchev–Trinajstić information content (AvgIpc) is 3.31. The highest BCUT2D eigenvalue weighted by molar-refractivity contribution is 7.07. The van der Waals surface area contributed by atoms with Gasteiger partial charge in [-0.2, -0.15) is 0 Å². The van der Waals surface area contributed by atoms with Crippen LogP contribution < -0.4 is 24.4 Å². The van der Waals surface area contributed by atoms with E-state index < -0.39 is 22.5 Å². The molecule has 0 spiro atoms. The van der Waals surface area contributed by atoms with Crippen LogP contribution in [0.25, 0.3) is 11.8 Å². The molecule has 214 valence electrons. The molecule has 0 saturated carbocycles. The number of para-hydroxylation sites is 1. The number of allylic oxidation sites excluding steroid dienone is 1. The Morgan fingerprint density at radius 2 is 1.83 bits per heavy atom. The molecule has 0 unspecified atom stereocenters. The van der Waals surface area contributed by atoms with Gasteiger partial charge in [0.25, 0.3) is 11.2 Å². The maximum Gasteiger partial charge on any atom is 0.338 e. The second kappa shape index (κ2) is 12.2. The summed E-state index contributed by atoms with van der Waals surface area (Å²) in [6.07, 6.45) is 1.47. The van der Waals surface area contributed by atoms with E-state index in [1.54, 1.807) is 50.2 Å². The Morgan fingerprint density at radius 3 is 2.55 bits per heavy atom. The van der Waals surface area contributed by atoms with Gasteiger partial charge in [-0.15, -0.1) is 0 Å². The van der Waals surface area contributed by atoms with Crippen LogP contribution in [-0.2, 0) is 16.1 Å². The summed E-state index contributed by atoms with van der Waals surface area (Å²) in [6, 6.07) is 20.4. The van der Waals surface area contributed by atoms with E-state index in [0.717, 1.165) is 16.9 Å². The largest absolute Gasteiger partial charge is 0.493 e. The predicted octanol–water partition coefficient (Wildman–Crippen LogP) is 4.40. The molecule has 0 bridgehead atoms. The van der Waals surface area contributed by atoms with Crippen LogP contribution in [0, 0.1) is 10.1 Å². The number of hydrogen-bond donors (Lipinski definition) is 0. The minimum atomic E-state index is -0.793. The molecule has 10 nitrogen and oxygen atoms in total. The molecule has 42 heavy (non-hydrogen) atoms. The number of nitro benzene ring substituents is 1. The predicted molar refractivity (Wildman–Crippen MR) is 158 cm³/mol. The van der Waals surface area contributed by atoms with Gasteiger partial charge in [-0.05, 0) is 49.2 Å². The molecule has 1 atom stereocenters. The third kappa shape index (κ3) is 5.59. The zero-order chi connectivity index (χ0) is 29.8. The number of esters is 1. The van der Waals surface area contributed by atoms with E-state index in [1.807, 2.05) is 30.3 Å². The van der Waals surface area contributed by atoms with Crippen LogP contribution in [0.3, 0.4) is 0 Å². The van der Waals surface area contributed by atoms with Gasteiger partial charge in [-0.3, -0.25) is 19.5 Å². The van der Waals surface area contributed by atoms with Crippen LogP contribution >= 0.6 is 11.3 Å². The number of aromatic nitrogens is 1. The fourth-order valence-corrected chi connectivity index (χ4v) is 5.71. The number of benzene rings is 3. The van der Waals surface area contributed by atoms with E-state index in [1.165, 1.54) is 23.8 Å². The number of ether oxygens (including phenoxy) is 3. The number of carbonyl (C=O) groups excluding carboxylic acids is 1. The SMILES string of the molecule is CCOC(=O)C1=C(C)n2c(s/c(=C\c3ccccc3[N+](=O)[O-])c2=O)=N[C@H]1c1ccc(OCc2ccccc2)c(OC)c1. The summed E-state index contributed by atoms with van der Waals surface area (Å²) < 4.78 is 18.6. The lowest BCUT2D eigenvalue weighted by molar-refractivity contribution is -0.385. The van der Waals surface area contributed by atoms with E-state index in [2.05, 4.69) is 0 Å². The summed E-state index contributed by atoms with van der Waals surface area (Å²) >= 11 is 1.09.